The lowest BCUT2D eigenvalue weighted by atomic mass is 10.2. The van der Waals surface area contributed by atoms with Gasteiger partial charge in [0.2, 0.25) is 0 Å². The first kappa shape index (κ1) is 13.1. The van der Waals surface area contributed by atoms with Crippen LogP contribution in [0.1, 0.15) is 38.6 Å². The molecule has 1 saturated carbocycles. The SMILES string of the molecule is CCNc1nc(CC)nc(NCC2CC2C)c1C. The van der Waals surface area contributed by atoms with Crippen LogP contribution in [-0.4, -0.2) is 23.1 Å². The van der Waals surface area contributed by atoms with E-state index in [1.54, 1.807) is 0 Å². The molecule has 100 valence electrons. The first-order valence-electron chi connectivity index (χ1n) is 7.00. The zero-order valence-electron chi connectivity index (χ0n) is 11.9. The van der Waals surface area contributed by atoms with Gasteiger partial charge < -0.3 is 10.6 Å². The average Bonchev–Trinajstić information content (AvgIpc) is 3.06. The van der Waals surface area contributed by atoms with E-state index < -0.39 is 0 Å². The Morgan fingerprint density at radius 2 is 1.78 bits per heavy atom. The van der Waals surface area contributed by atoms with Crippen molar-refractivity contribution in [1.82, 2.24) is 9.97 Å². The number of anilines is 2. The minimum Gasteiger partial charge on any atom is -0.370 e. The third-order valence-corrected chi connectivity index (χ3v) is 3.66. The molecular formula is C14H24N4. The second kappa shape index (κ2) is 5.55. The van der Waals surface area contributed by atoms with Gasteiger partial charge in [0.25, 0.3) is 0 Å². The zero-order valence-corrected chi connectivity index (χ0v) is 11.9. The van der Waals surface area contributed by atoms with Crippen LogP contribution in [0.5, 0.6) is 0 Å². The molecule has 1 aromatic rings. The average molecular weight is 248 g/mol. The van der Waals surface area contributed by atoms with Gasteiger partial charge in [-0.3, -0.25) is 0 Å². The summed E-state index contributed by atoms with van der Waals surface area (Å²) in [5.74, 6) is 4.57. The van der Waals surface area contributed by atoms with Gasteiger partial charge in [0.05, 0.1) is 0 Å². The second-order valence-corrected chi connectivity index (χ2v) is 5.20. The van der Waals surface area contributed by atoms with Crippen molar-refractivity contribution in [2.24, 2.45) is 11.8 Å². The van der Waals surface area contributed by atoms with Crippen LogP contribution in [0.25, 0.3) is 0 Å². The van der Waals surface area contributed by atoms with Gasteiger partial charge in [-0.2, -0.15) is 0 Å². The molecule has 2 N–H and O–H groups in total. The normalized spacial score (nSPS) is 21.8. The number of hydrogen-bond acceptors (Lipinski definition) is 4. The van der Waals surface area contributed by atoms with Crippen LogP contribution >= 0.6 is 0 Å². The maximum atomic E-state index is 4.60. The summed E-state index contributed by atoms with van der Waals surface area (Å²) in [6, 6.07) is 0. The third kappa shape index (κ3) is 2.92. The Bertz CT molecular complexity index is 417. The summed E-state index contributed by atoms with van der Waals surface area (Å²) in [5.41, 5.74) is 1.13. The predicted molar refractivity (Wildman–Crippen MR) is 76.1 cm³/mol. The number of aromatic nitrogens is 2. The Morgan fingerprint density at radius 1 is 1.17 bits per heavy atom. The summed E-state index contributed by atoms with van der Waals surface area (Å²) in [4.78, 5) is 9.13. The lowest BCUT2D eigenvalue weighted by molar-refractivity contribution is 0.781. The van der Waals surface area contributed by atoms with Crippen molar-refractivity contribution < 1.29 is 0 Å². The van der Waals surface area contributed by atoms with Gasteiger partial charge in [-0.15, -0.1) is 0 Å². The summed E-state index contributed by atoms with van der Waals surface area (Å²) in [6.45, 7) is 10.5. The van der Waals surface area contributed by atoms with Crippen LogP contribution in [-0.2, 0) is 6.42 Å². The Balaban J connectivity index is 2.13. The van der Waals surface area contributed by atoms with E-state index in [2.05, 4.69) is 48.3 Å². The highest BCUT2D eigenvalue weighted by atomic mass is 15.1. The van der Waals surface area contributed by atoms with Gasteiger partial charge in [0.1, 0.15) is 17.5 Å². The largest absolute Gasteiger partial charge is 0.370 e. The number of hydrogen-bond donors (Lipinski definition) is 2. The summed E-state index contributed by atoms with van der Waals surface area (Å²) in [7, 11) is 0. The van der Waals surface area contributed by atoms with Gasteiger partial charge in [-0.1, -0.05) is 13.8 Å². The van der Waals surface area contributed by atoms with E-state index in [1.807, 2.05) is 0 Å². The highest BCUT2D eigenvalue weighted by molar-refractivity contribution is 5.57. The summed E-state index contributed by atoms with van der Waals surface area (Å²) >= 11 is 0. The van der Waals surface area contributed by atoms with E-state index in [0.717, 1.165) is 54.4 Å². The van der Waals surface area contributed by atoms with Gasteiger partial charge in [0.15, 0.2) is 0 Å². The van der Waals surface area contributed by atoms with Crippen LogP contribution in [0.3, 0.4) is 0 Å². The Hall–Kier alpha value is -1.32. The van der Waals surface area contributed by atoms with Crippen molar-refractivity contribution in [3.63, 3.8) is 0 Å². The highest BCUT2D eigenvalue weighted by Gasteiger charge is 2.32. The molecule has 0 bridgehead atoms. The molecule has 0 saturated heterocycles. The van der Waals surface area contributed by atoms with Crippen molar-refractivity contribution in [2.45, 2.75) is 40.5 Å². The molecule has 0 aliphatic heterocycles. The molecule has 0 aromatic carbocycles. The van der Waals surface area contributed by atoms with Crippen LogP contribution in [0.4, 0.5) is 11.6 Å². The molecule has 2 atom stereocenters. The van der Waals surface area contributed by atoms with Crippen molar-refractivity contribution in [3.8, 4) is 0 Å². The molecule has 2 unspecified atom stereocenters. The summed E-state index contributed by atoms with van der Waals surface area (Å²) < 4.78 is 0. The molecule has 0 amide bonds. The van der Waals surface area contributed by atoms with E-state index in [0.29, 0.717) is 0 Å². The quantitative estimate of drug-likeness (QED) is 0.813. The topological polar surface area (TPSA) is 49.8 Å². The van der Waals surface area contributed by atoms with Crippen molar-refractivity contribution >= 4 is 11.6 Å². The molecule has 1 aliphatic carbocycles. The molecule has 4 nitrogen and oxygen atoms in total. The molecule has 4 heteroatoms. The molecule has 1 heterocycles. The molecule has 1 aliphatic rings. The van der Waals surface area contributed by atoms with Crippen molar-refractivity contribution in [2.75, 3.05) is 23.7 Å². The van der Waals surface area contributed by atoms with Crippen molar-refractivity contribution in [1.29, 1.82) is 0 Å². The molecule has 2 rings (SSSR count). The lowest BCUT2D eigenvalue weighted by Gasteiger charge is -2.14. The number of rotatable bonds is 6. The summed E-state index contributed by atoms with van der Waals surface area (Å²) in [6.07, 6.45) is 2.21. The predicted octanol–water partition coefficient (Wildman–Crippen LogP) is 2.85. The first-order valence-corrected chi connectivity index (χ1v) is 7.00. The highest BCUT2D eigenvalue weighted by Crippen LogP contribution is 2.37. The van der Waals surface area contributed by atoms with Gasteiger partial charge in [-0.05, 0) is 32.1 Å². The van der Waals surface area contributed by atoms with Gasteiger partial charge in [-0.25, -0.2) is 9.97 Å². The minimum absolute atomic E-state index is 0.826. The van der Waals surface area contributed by atoms with Gasteiger partial charge >= 0.3 is 0 Å². The van der Waals surface area contributed by atoms with Gasteiger partial charge in [0, 0.05) is 25.1 Å². The number of aryl methyl sites for hydroxylation is 1. The van der Waals surface area contributed by atoms with E-state index >= 15 is 0 Å². The van der Waals surface area contributed by atoms with E-state index in [1.165, 1.54) is 6.42 Å². The molecule has 0 spiro atoms. The van der Waals surface area contributed by atoms with Crippen molar-refractivity contribution in [3.05, 3.63) is 11.4 Å². The third-order valence-electron chi connectivity index (χ3n) is 3.66. The monoisotopic (exact) mass is 248 g/mol. The smallest absolute Gasteiger partial charge is 0.134 e. The second-order valence-electron chi connectivity index (χ2n) is 5.20. The Kier molecular flexibility index (Phi) is 4.04. The molecule has 1 aromatic heterocycles. The van der Waals surface area contributed by atoms with E-state index in [-0.39, 0.29) is 0 Å². The Labute approximate surface area is 110 Å². The molecular weight excluding hydrogens is 224 g/mol. The standard InChI is InChI=1S/C14H24N4/c1-5-12-17-13(15-6-2)10(4)14(18-12)16-8-11-7-9(11)3/h9,11H,5-8H2,1-4H3,(H2,15,16,17,18). The molecule has 0 radical (unpaired) electrons. The fourth-order valence-corrected chi connectivity index (χ4v) is 2.14. The zero-order chi connectivity index (χ0) is 13.1. The fraction of sp³-hybridized carbons (Fsp3) is 0.714. The maximum absolute atomic E-state index is 4.60. The van der Waals surface area contributed by atoms with E-state index in [4.69, 9.17) is 0 Å². The minimum atomic E-state index is 0.826. The Morgan fingerprint density at radius 3 is 2.28 bits per heavy atom. The van der Waals surface area contributed by atoms with Crippen LogP contribution in [0.15, 0.2) is 0 Å². The molecule has 18 heavy (non-hydrogen) atoms. The fourth-order valence-electron chi connectivity index (χ4n) is 2.14. The summed E-state index contributed by atoms with van der Waals surface area (Å²) in [5, 5.41) is 6.80. The maximum Gasteiger partial charge on any atom is 0.134 e. The molecule has 1 fully saturated rings. The number of nitrogens with one attached hydrogen (secondary N) is 2. The van der Waals surface area contributed by atoms with Crippen LogP contribution < -0.4 is 10.6 Å². The lowest BCUT2D eigenvalue weighted by Crippen LogP contribution is -2.12. The van der Waals surface area contributed by atoms with E-state index in [9.17, 15) is 0 Å². The van der Waals surface area contributed by atoms with Crippen LogP contribution in [0, 0.1) is 18.8 Å². The van der Waals surface area contributed by atoms with Crippen LogP contribution in [0.2, 0.25) is 0 Å². The number of nitrogens with zero attached hydrogens (tertiary/aromatic N) is 2. The first-order chi connectivity index (χ1) is 8.65.